The number of carbonyl (C=O) groups is 3. The van der Waals surface area contributed by atoms with Gasteiger partial charge in [0.05, 0.1) is 23.6 Å². The van der Waals surface area contributed by atoms with Gasteiger partial charge in [-0.3, -0.25) is 14.5 Å². The van der Waals surface area contributed by atoms with Gasteiger partial charge < -0.3 is 15.0 Å². The van der Waals surface area contributed by atoms with Crippen molar-refractivity contribution < 1.29 is 23.5 Å². The highest BCUT2D eigenvalue weighted by Crippen LogP contribution is 2.62. The summed E-state index contributed by atoms with van der Waals surface area (Å²) in [4.78, 5) is 44.9. The number of ether oxygens (including phenoxy) is 1. The van der Waals surface area contributed by atoms with Crippen molar-refractivity contribution in [2.45, 2.75) is 43.3 Å². The van der Waals surface area contributed by atoms with Crippen LogP contribution in [-0.2, 0) is 26.4 Å². The maximum Gasteiger partial charge on any atom is 0.337 e. The summed E-state index contributed by atoms with van der Waals surface area (Å²) >= 11 is 12.7. The lowest BCUT2D eigenvalue weighted by atomic mass is 9.70. The first-order chi connectivity index (χ1) is 20.7. The topological polar surface area (TPSA) is 78.9 Å². The molecule has 0 unspecified atom stereocenters. The van der Waals surface area contributed by atoms with Crippen LogP contribution in [0.5, 0.6) is 0 Å². The molecule has 1 saturated carbocycles. The van der Waals surface area contributed by atoms with Crippen molar-refractivity contribution in [3.63, 3.8) is 0 Å². The van der Waals surface area contributed by atoms with Crippen molar-refractivity contribution in [2.75, 3.05) is 25.5 Å². The zero-order valence-electron chi connectivity index (χ0n) is 23.5. The molecule has 7 rings (SSSR count). The van der Waals surface area contributed by atoms with Gasteiger partial charge in [0.1, 0.15) is 11.4 Å². The lowest BCUT2D eigenvalue weighted by Gasteiger charge is -2.40. The second kappa shape index (κ2) is 10.6. The maximum absolute atomic E-state index is 16.1. The van der Waals surface area contributed by atoms with Crippen molar-refractivity contribution >= 4 is 46.7 Å². The van der Waals surface area contributed by atoms with Crippen molar-refractivity contribution in [3.05, 3.63) is 98.8 Å². The molecule has 43 heavy (non-hydrogen) atoms. The summed E-state index contributed by atoms with van der Waals surface area (Å²) in [6, 6.07) is 16.8. The number of fused-ring (bicyclic) bond motifs is 3. The smallest absolute Gasteiger partial charge is 0.337 e. The lowest BCUT2D eigenvalue weighted by molar-refractivity contribution is -0.141. The Kier molecular flexibility index (Phi) is 6.99. The molecule has 4 atom stereocenters. The van der Waals surface area contributed by atoms with E-state index in [2.05, 4.69) is 10.2 Å². The molecule has 0 aromatic heterocycles. The maximum atomic E-state index is 16.1. The van der Waals surface area contributed by atoms with Crippen LogP contribution in [0.2, 0.25) is 10.0 Å². The van der Waals surface area contributed by atoms with E-state index in [1.54, 1.807) is 53.4 Å². The predicted octanol–water partition coefficient (Wildman–Crippen LogP) is 5.99. The molecule has 0 bridgehead atoms. The Morgan fingerprint density at radius 1 is 1.07 bits per heavy atom. The third-order valence-electron chi connectivity index (χ3n) is 9.57. The highest BCUT2D eigenvalue weighted by Gasteiger charge is 2.69. The largest absolute Gasteiger partial charge is 0.465 e. The first-order valence-corrected chi connectivity index (χ1v) is 15.3. The van der Waals surface area contributed by atoms with E-state index in [1.165, 1.54) is 13.2 Å². The SMILES string of the molecule is COC(=O)c1ccc(CN2CC[C@H]3[C@@H](C2=O)[C@H](c2cccc(Cl)c2F)[C@]2(C(=O)Nc4cc(Cl)ccc42)N3CC2CC2)cc1. The van der Waals surface area contributed by atoms with E-state index in [-0.39, 0.29) is 28.4 Å². The minimum Gasteiger partial charge on any atom is -0.465 e. The first kappa shape index (κ1) is 28.3. The summed E-state index contributed by atoms with van der Waals surface area (Å²) in [5.41, 5.74) is 1.52. The Morgan fingerprint density at radius 2 is 1.84 bits per heavy atom. The number of rotatable bonds is 6. The van der Waals surface area contributed by atoms with Crippen LogP contribution in [0.3, 0.4) is 0 Å². The van der Waals surface area contributed by atoms with Crippen LogP contribution in [-0.4, -0.2) is 53.8 Å². The zero-order valence-corrected chi connectivity index (χ0v) is 25.0. The van der Waals surface area contributed by atoms with Crippen molar-refractivity contribution in [1.82, 2.24) is 9.80 Å². The summed E-state index contributed by atoms with van der Waals surface area (Å²) in [6.07, 6.45) is 2.73. The van der Waals surface area contributed by atoms with E-state index < -0.39 is 29.2 Å². The average molecular weight is 623 g/mol. The van der Waals surface area contributed by atoms with Gasteiger partial charge in [-0.15, -0.1) is 0 Å². The van der Waals surface area contributed by atoms with E-state index in [4.69, 9.17) is 27.9 Å². The molecule has 3 heterocycles. The monoisotopic (exact) mass is 621 g/mol. The number of nitrogens with zero attached hydrogens (tertiary/aromatic N) is 2. The van der Waals surface area contributed by atoms with Crippen LogP contribution < -0.4 is 5.32 Å². The van der Waals surface area contributed by atoms with Crippen LogP contribution in [0.25, 0.3) is 0 Å². The molecule has 1 spiro atoms. The van der Waals surface area contributed by atoms with E-state index in [0.29, 0.717) is 53.8 Å². The molecule has 2 saturated heterocycles. The number of hydrogen-bond acceptors (Lipinski definition) is 5. The fraction of sp³-hybridized carbons (Fsp3) is 0.364. The van der Waals surface area contributed by atoms with Gasteiger partial charge in [-0.1, -0.05) is 53.5 Å². The first-order valence-electron chi connectivity index (χ1n) is 14.5. The number of esters is 1. The molecule has 3 aliphatic heterocycles. The average Bonchev–Trinajstić information content (AvgIpc) is 3.72. The van der Waals surface area contributed by atoms with Crippen molar-refractivity contribution in [1.29, 1.82) is 0 Å². The van der Waals surface area contributed by atoms with Crippen LogP contribution in [0.15, 0.2) is 60.7 Å². The normalized spacial score (nSPS) is 26.4. The molecule has 3 aromatic rings. The summed E-state index contributed by atoms with van der Waals surface area (Å²) in [7, 11) is 1.33. The number of halogens is 3. The second-order valence-corrected chi connectivity index (χ2v) is 12.8. The Balaban J connectivity index is 1.35. The Bertz CT molecular complexity index is 1650. The summed E-state index contributed by atoms with van der Waals surface area (Å²) in [5.74, 6) is -2.56. The second-order valence-electron chi connectivity index (χ2n) is 12.0. The molecule has 0 radical (unpaired) electrons. The van der Waals surface area contributed by atoms with Gasteiger partial charge in [0, 0.05) is 47.9 Å². The highest BCUT2D eigenvalue weighted by molar-refractivity contribution is 6.31. The van der Waals surface area contributed by atoms with Crippen LogP contribution in [0.4, 0.5) is 10.1 Å². The summed E-state index contributed by atoms with van der Waals surface area (Å²) in [6.45, 7) is 1.44. The van der Waals surface area contributed by atoms with Crippen molar-refractivity contribution in [3.8, 4) is 0 Å². The standard InChI is InChI=1S/C33H30Cl2FN3O4/c1-43-31(41)20-9-7-18(8-10-20)16-38-14-13-26-27(30(38)40)28(22-3-2-4-24(35)29(22)36)33(39(26)17-19-5-6-19)23-12-11-21(34)15-25(23)37-32(33)42/h2-4,7-12,15,19,26-28H,5-6,13-14,16-17H2,1H3,(H,37,42)/t26-,27+,28-,33+/m0/s1. The Labute approximate surface area is 258 Å². The molecular weight excluding hydrogens is 592 g/mol. The highest BCUT2D eigenvalue weighted by atomic mass is 35.5. The molecule has 1 N–H and O–H groups in total. The zero-order chi connectivity index (χ0) is 30.0. The minimum atomic E-state index is -1.31. The third-order valence-corrected chi connectivity index (χ3v) is 10.1. The number of amides is 2. The molecule has 3 aromatic carbocycles. The van der Waals surface area contributed by atoms with Gasteiger partial charge in [-0.2, -0.15) is 0 Å². The van der Waals surface area contributed by atoms with Gasteiger partial charge in [0.15, 0.2) is 0 Å². The Morgan fingerprint density at radius 3 is 2.56 bits per heavy atom. The van der Waals surface area contributed by atoms with Gasteiger partial charge in [-0.05, 0) is 66.6 Å². The summed E-state index contributed by atoms with van der Waals surface area (Å²) in [5, 5.41) is 3.47. The van der Waals surface area contributed by atoms with Crippen molar-refractivity contribution in [2.24, 2.45) is 11.8 Å². The molecular formula is C33H30Cl2FN3O4. The Hall–Kier alpha value is -3.46. The number of carbonyl (C=O) groups excluding carboxylic acids is 3. The fourth-order valence-electron chi connectivity index (χ4n) is 7.53. The minimum absolute atomic E-state index is 0.0506. The van der Waals surface area contributed by atoms with Gasteiger partial charge in [0.2, 0.25) is 11.8 Å². The van der Waals surface area contributed by atoms with Gasteiger partial charge >= 0.3 is 5.97 Å². The molecule has 4 aliphatic rings. The molecule has 1 aliphatic carbocycles. The number of hydrogen-bond donors (Lipinski definition) is 1. The number of benzene rings is 3. The van der Waals surface area contributed by atoms with Crippen LogP contribution in [0, 0.1) is 17.7 Å². The van der Waals surface area contributed by atoms with Gasteiger partial charge in [0.25, 0.3) is 0 Å². The molecule has 2 amide bonds. The summed E-state index contributed by atoms with van der Waals surface area (Å²) < 4.78 is 20.9. The molecule has 7 nitrogen and oxygen atoms in total. The number of nitrogens with one attached hydrogen (secondary N) is 1. The number of methoxy groups -OCH3 is 1. The van der Waals surface area contributed by atoms with E-state index in [1.807, 2.05) is 6.07 Å². The number of anilines is 1. The van der Waals surface area contributed by atoms with Crippen LogP contribution >= 0.6 is 23.2 Å². The third kappa shape index (κ3) is 4.45. The van der Waals surface area contributed by atoms with Crippen LogP contribution in [0.1, 0.15) is 52.2 Å². The molecule has 10 heteroatoms. The van der Waals surface area contributed by atoms with Gasteiger partial charge in [-0.25, -0.2) is 9.18 Å². The molecule has 3 fully saturated rings. The molecule has 222 valence electrons. The lowest BCUT2D eigenvalue weighted by Crippen LogP contribution is -2.54. The van der Waals surface area contributed by atoms with E-state index in [0.717, 1.165) is 18.4 Å². The predicted molar refractivity (Wildman–Crippen MR) is 160 cm³/mol. The van der Waals surface area contributed by atoms with E-state index >= 15 is 4.39 Å². The number of piperidine rings is 1. The quantitative estimate of drug-likeness (QED) is 0.342. The number of likely N-dealkylation sites (tertiary alicyclic amines) is 2. The fourth-order valence-corrected chi connectivity index (χ4v) is 7.89. The van der Waals surface area contributed by atoms with E-state index in [9.17, 15) is 14.4 Å².